The second-order valence-corrected chi connectivity index (χ2v) is 3.21. The van der Waals surface area contributed by atoms with E-state index in [-0.39, 0.29) is 11.9 Å². The molecule has 1 atom stereocenters. The van der Waals surface area contributed by atoms with Crippen molar-refractivity contribution in [1.29, 1.82) is 0 Å². The number of likely N-dealkylation sites (N-methyl/N-ethyl adjacent to an activating group) is 1. The van der Waals surface area contributed by atoms with E-state index >= 15 is 0 Å². The Morgan fingerprint density at radius 2 is 2.46 bits per heavy atom. The number of carbonyl (C=O) groups excluding carboxylic acids is 1. The summed E-state index contributed by atoms with van der Waals surface area (Å²) in [6.07, 6.45) is 9.22. The molecule has 0 heterocycles. The lowest BCUT2D eigenvalue weighted by Crippen LogP contribution is -2.39. The average Bonchev–Trinajstić information content (AvgIpc) is 2.15. The molecule has 3 nitrogen and oxygen atoms in total. The summed E-state index contributed by atoms with van der Waals surface area (Å²) in [5.41, 5.74) is 6.41. The van der Waals surface area contributed by atoms with Crippen LogP contribution in [-0.2, 0) is 4.79 Å². The van der Waals surface area contributed by atoms with Crippen molar-refractivity contribution in [3.63, 3.8) is 0 Å². The number of nitrogens with one attached hydrogen (secondary N) is 1. The molecule has 0 aliphatic heterocycles. The number of carbonyl (C=O) groups is 1. The van der Waals surface area contributed by atoms with Gasteiger partial charge in [0.25, 0.3) is 0 Å². The lowest BCUT2D eigenvalue weighted by molar-refractivity contribution is -0.119. The minimum atomic E-state index is -0.289. The van der Waals surface area contributed by atoms with Crippen LogP contribution in [0.4, 0.5) is 0 Å². The molecule has 0 aromatic carbocycles. The number of rotatable bonds is 4. The smallest absolute Gasteiger partial charge is 0.234 e. The normalized spacial score (nSPS) is 18.1. The van der Waals surface area contributed by atoms with Gasteiger partial charge in [0.2, 0.25) is 5.91 Å². The predicted molar refractivity (Wildman–Crippen MR) is 53.1 cm³/mol. The fourth-order valence-electron chi connectivity index (χ4n) is 1.40. The maximum Gasteiger partial charge on any atom is 0.234 e. The van der Waals surface area contributed by atoms with Gasteiger partial charge in [-0.2, -0.15) is 0 Å². The molecule has 0 bridgehead atoms. The summed E-state index contributed by atoms with van der Waals surface area (Å²) in [5.74, 6) is -0.289. The zero-order valence-corrected chi connectivity index (χ0v) is 7.92. The molecule has 1 rings (SSSR count). The quantitative estimate of drug-likeness (QED) is 0.670. The van der Waals surface area contributed by atoms with Crippen molar-refractivity contribution in [3.05, 3.63) is 23.8 Å². The third-order valence-electron chi connectivity index (χ3n) is 2.20. The summed E-state index contributed by atoms with van der Waals surface area (Å²) in [7, 11) is 1.75. The second-order valence-electron chi connectivity index (χ2n) is 3.21. The predicted octanol–water partition coefficient (Wildman–Crippen LogP) is 0.726. The Labute approximate surface area is 78.7 Å². The molecule has 0 spiro atoms. The fraction of sp³-hybridized carbons (Fsp3) is 0.500. The van der Waals surface area contributed by atoms with E-state index in [1.54, 1.807) is 7.05 Å². The summed E-state index contributed by atoms with van der Waals surface area (Å²) in [6.45, 7) is 0. The molecule has 1 aliphatic carbocycles. The van der Waals surface area contributed by atoms with Gasteiger partial charge in [-0.25, -0.2) is 0 Å². The van der Waals surface area contributed by atoms with Gasteiger partial charge in [-0.05, 0) is 26.3 Å². The summed E-state index contributed by atoms with van der Waals surface area (Å²) >= 11 is 0. The van der Waals surface area contributed by atoms with E-state index in [2.05, 4.69) is 23.5 Å². The average molecular weight is 180 g/mol. The van der Waals surface area contributed by atoms with Crippen molar-refractivity contribution in [2.24, 2.45) is 5.73 Å². The molecule has 0 aromatic heterocycles. The molecule has 1 aliphatic rings. The molecular formula is C10H16N2O. The third kappa shape index (κ3) is 3.03. The van der Waals surface area contributed by atoms with Gasteiger partial charge in [-0.15, -0.1) is 0 Å². The highest BCUT2D eigenvalue weighted by molar-refractivity contribution is 5.80. The Bertz CT molecular complexity index is 243. The van der Waals surface area contributed by atoms with Gasteiger partial charge in [0.1, 0.15) is 0 Å². The van der Waals surface area contributed by atoms with E-state index in [9.17, 15) is 4.79 Å². The first-order chi connectivity index (χ1) is 6.24. The maximum atomic E-state index is 10.9. The maximum absolute atomic E-state index is 10.9. The Balaban J connectivity index is 2.50. The number of hydrogen-bond acceptors (Lipinski definition) is 2. The van der Waals surface area contributed by atoms with Crippen molar-refractivity contribution < 1.29 is 4.79 Å². The number of allylic oxidation sites excluding steroid dienone is 3. The van der Waals surface area contributed by atoms with Gasteiger partial charge in [0.15, 0.2) is 0 Å². The van der Waals surface area contributed by atoms with Gasteiger partial charge in [0.05, 0.1) is 6.04 Å². The van der Waals surface area contributed by atoms with Gasteiger partial charge >= 0.3 is 0 Å². The van der Waals surface area contributed by atoms with Crippen LogP contribution in [-0.4, -0.2) is 19.0 Å². The molecule has 1 amide bonds. The molecule has 0 radical (unpaired) electrons. The van der Waals surface area contributed by atoms with Crippen LogP contribution < -0.4 is 11.1 Å². The highest BCUT2D eigenvalue weighted by Gasteiger charge is 2.13. The highest BCUT2D eigenvalue weighted by Crippen LogP contribution is 2.14. The molecule has 0 fully saturated rings. The summed E-state index contributed by atoms with van der Waals surface area (Å²) in [4.78, 5) is 10.9. The fourth-order valence-corrected chi connectivity index (χ4v) is 1.40. The zero-order chi connectivity index (χ0) is 9.68. The van der Waals surface area contributed by atoms with E-state index < -0.39 is 0 Å². The Morgan fingerprint density at radius 1 is 1.69 bits per heavy atom. The van der Waals surface area contributed by atoms with Gasteiger partial charge in [-0.1, -0.05) is 23.8 Å². The zero-order valence-electron chi connectivity index (χ0n) is 7.92. The SMILES string of the molecule is CN[C@@H](CC1=CCCC=C1)C(N)=O. The molecule has 3 N–H and O–H groups in total. The molecule has 0 saturated carbocycles. The minimum Gasteiger partial charge on any atom is -0.368 e. The van der Waals surface area contributed by atoms with Crippen LogP contribution in [0.15, 0.2) is 23.8 Å². The van der Waals surface area contributed by atoms with E-state index in [0.29, 0.717) is 6.42 Å². The number of hydrogen-bond donors (Lipinski definition) is 2. The number of nitrogens with two attached hydrogens (primary N) is 1. The Kier molecular flexibility index (Phi) is 3.71. The van der Waals surface area contributed by atoms with E-state index in [0.717, 1.165) is 12.8 Å². The summed E-state index contributed by atoms with van der Waals surface area (Å²) in [6, 6.07) is -0.242. The largest absolute Gasteiger partial charge is 0.368 e. The molecule has 13 heavy (non-hydrogen) atoms. The van der Waals surface area contributed by atoms with Crippen LogP contribution in [0, 0.1) is 0 Å². The van der Waals surface area contributed by atoms with Crippen LogP contribution in [0.3, 0.4) is 0 Å². The first-order valence-corrected chi connectivity index (χ1v) is 4.56. The molecule has 72 valence electrons. The lowest BCUT2D eigenvalue weighted by atomic mass is 10.00. The van der Waals surface area contributed by atoms with Crippen molar-refractivity contribution >= 4 is 5.91 Å². The van der Waals surface area contributed by atoms with Crippen LogP contribution in [0.5, 0.6) is 0 Å². The van der Waals surface area contributed by atoms with E-state index in [4.69, 9.17) is 5.73 Å². The third-order valence-corrected chi connectivity index (χ3v) is 2.20. The van der Waals surface area contributed by atoms with Crippen LogP contribution >= 0.6 is 0 Å². The van der Waals surface area contributed by atoms with Gasteiger partial charge in [0, 0.05) is 0 Å². The van der Waals surface area contributed by atoms with Crippen molar-refractivity contribution in [2.45, 2.75) is 25.3 Å². The van der Waals surface area contributed by atoms with Crippen molar-refractivity contribution in [3.8, 4) is 0 Å². The summed E-state index contributed by atoms with van der Waals surface area (Å²) < 4.78 is 0. The number of amides is 1. The first kappa shape index (κ1) is 9.99. The lowest BCUT2D eigenvalue weighted by Gasteiger charge is -2.14. The monoisotopic (exact) mass is 180 g/mol. The molecule has 0 unspecified atom stereocenters. The van der Waals surface area contributed by atoms with E-state index in [1.807, 2.05) is 0 Å². The highest BCUT2D eigenvalue weighted by atomic mass is 16.1. The van der Waals surface area contributed by atoms with E-state index in [1.165, 1.54) is 5.57 Å². The molecule has 0 aromatic rings. The van der Waals surface area contributed by atoms with Gasteiger partial charge in [-0.3, -0.25) is 4.79 Å². The topological polar surface area (TPSA) is 55.1 Å². The summed E-state index contributed by atoms with van der Waals surface area (Å²) in [5, 5.41) is 2.90. The molecule has 3 heteroatoms. The van der Waals surface area contributed by atoms with Crippen LogP contribution in [0.25, 0.3) is 0 Å². The van der Waals surface area contributed by atoms with Gasteiger partial charge < -0.3 is 11.1 Å². The van der Waals surface area contributed by atoms with Crippen molar-refractivity contribution in [1.82, 2.24) is 5.32 Å². The van der Waals surface area contributed by atoms with Crippen LogP contribution in [0.1, 0.15) is 19.3 Å². The Hall–Kier alpha value is -1.09. The van der Waals surface area contributed by atoms with Crippen molar-refractivity contribution in [2.75, 3.05) is 7.05 Å². The second kappa shape index (κ2) is 4.82. The number of primary amides is 1. The standard InChI is InChI=1S/C10H16N2O/c1-12-9(10(11)13)7-8-5-3-2-4-6-8/h3,5-6,9,12H,2,4,7H2,1H3,(H2,11,13)/t9-/m0/s1. The first-order valence-electron chi connectivity index (χ1n) is 4.56. The molecular weight excluding hydrogens is 164 g/mol. The van der Waals surface area contributed by atoms with Crippen LogP contribution in [0.2, 0.25) is 0 Å². The Morgan fingerprint density at radius 3 is 2.92 bits per heavy atom. The minimum absolute atomic E-state index is 0.242. The molecule has 0 saturated heterocycles.